The fourth-order valence-corrected chi connectivity index (χ4v) is 2.20. The maximum atomic E-state index is 2.43. The average Bonchev–Trinajstić information content (AvgIpc) is 2.14. The molecule has 0 nitrogen and oxygen atoms in total. The maximum absolute atomic E-state index is 2.43. The lowest BCUT2D eigenvalue weighted by molar-refractivity contribution is 0.328. The number of hydrogen-bond acceptors (Lipinski definition) is 0. The van der Waals surface area contributed by atoms with Crippen molar-refractivity contribution in [1.29, 1.82) is 0 Å². The lowest BCUT2D eigenvalue weighted by Gasteiger charge is -2.19. The van der Waals surface area contributed by atoms with Crippen molar-refractivity contribution in [2.75, 3.05) is 0 Å². The van der Waals surface area contributed by atoms with E-state index < -0.39 is 0 Å². The summed E-state index contributed by atoms with van der Waals surface area (Å²) in [6.07, 6.45) is 8.45. The van der Waals surface area contributed by atoms with Gasteiger partial charge >= 0.3 is 0 Å². The molecule has 0 amide bonds. The third-order valence-electron chi connectivity index (χ3n) is 3.25. The van der Waals surface area contributed by atoms with Crippen molar-refractivity contribution in [2.24, 2.45) is 17.8 Å². The molecule has 2 unspecified atom stereocenters. The molecule has 0 fully saturated rings. The number of hydrogen-bond donors (Lipinski definition) is 0. The van der Waals surface area contributed by atoms with Crippen molar-refractivity contribution in [3.63, 3.8) is 0 Å². The van der Waals surface area contributed by atoms with Crippen LogP contribution in [0.4, 0.5) is 0 Å². The predicted molar refractivity (Wildman–Crippen MR) is 66.5 cm³/mol. The van der Waals surface area contributed by atoms with Gasteiger partial charge in [-0.05, 0) is 24.2 Å². The topological polar surface area (TPSA) is 0 Å². The zero-order valence-corrected chi connectivity index (χ0v) is 11.0. The van der Waals surface area contributed by atoms with E-state index in [1.54, 1.807) is 0 Å². The molecule has 0 spiro atoms. The molecule has 0 aliphatic heterocycles. The highest BCUT2D eigenvalue weighted by Crippen LogP contribution is 2.24. The average molecular weight is 198 g/mol. The summed E-state index contributed by atoms with van der Waals surface area (Å²) in [5.74, 6) is 2.81. The van der Waals surface area contributed by atoms with E-state index in [9.17, 15) is 0 Å². The second kappa shape index (κ2) is 8.32. The predicted octanol–water partition coefficient (Wildman–Crippen LogP) is 5.28. The van der Waals surface area contributed by atoms with Crippen LogP contribution in [0.5, 0.6) is 0 Å². The highest BCUT2D eigenvalue weighted by molar-refractivity contribution is 4.63. The van der Waals surface area contributed by atoms with Gasteiger partial charge in [-0.15, -0.1) is 0 Å². The van der Waals surface area contributed by atoms with Crippen molar-refractivity contribution in [3.05, 3.63) is 0 Å². The molecule has 0 radical (unpaired) electrons. The molecule has 0 heterocycles. The molecule has 0 aliphatic rings. The molecule has 0 saturated heterocycles. The van der Waals surface area contributed by atoms with Crippen LogP contribution in [0.25, 0.3) is 0 Å². The van der Waals surface area contributed by atoms with Crippen LogP contribution in [-0.2, 0) is 0 Å². The molecule has 0 aromatic carbocycles. The van der Waals surface area contributed by atoms with E-state index in [2.05, 4.69) is 34.6 Å². The van der Waals surface area contributed by atoms with Gasteiger partial charge in [0, 0.05) is 0 Å². The van der Waals surface area contributed by atoms with E-state index in [1.807, 2.05) is 0 Å². The Morgan fingerprint density at radius 1 is 0.857 bits per heavy atom. The molecule has 86 valence electrons. The zero-order chi connectivity index (χ0) is 11.0. The molecular formula is C14H30. The van der Waals surface area contributed by atoms with Crippen LogP contribution in [0.15, 0.2) is 0 Å². The summed E-state index contributed by atoms with van der Waals surface area (Å²) in [5.41, 5.74) is 0. The van der Waals surface area contributed by atoms with E-state index in [0.29, 0.717) is 0 Å². The molecule has 0 aliphatic carbocycles. The Hall–Kier alpha value is 0. The Morgan fingerprint density at radius 3 is 1.93 bits per heavy atom. The normalized spacial score (nSPS) is 15.9. The first-order valence-corrected chi connectivity index (χ1v) is 6.60. The Labute approximate surface area is 91.5 Å². The minimum Gasteiger partial charge on any atom is -0.0654 e. The first kappa shape index (κ1) is 14.0. The zero-order valence-electron chi connectivity index (χ0n) is 11.0. The molecule has 0 N–H and O–H groups in total. The molecule has 0 rings (SSSR count). The van der Waals surface area contributed by atoms with Crippen molar-refractivity contribution >= 4 is 0 Å². The molecule has 0 bridgehead atoms. The van der Waals surface area contributed by atoms with Gasteiger partial charge in [-0.1, -0.05) is 66.7 Å². The van der Waals surface area contributed by atoms with Gasteiger partial charge in [0.15, 0.2) is 0 Å². The SMILES string of the molecule is CCCC(CC)CC(C)CCC(C)C. The van der Waals surface area contributed by atoms with Gasteiger partial charge in [0.25, 0.3) is 0 Å². The van der Waals surface area contributed by atoms with Crippen LogP contribution < -0.4 is 0 Å². The lowest BCUT2D eigenvalue weighted by Crippen LogP contribution is -2.06. The van der Waals surface area contributed by atoms with Gasteiger partial charge in [0.1, 0.15) is 0 Å². The summed E-state index contributed by atoms with van der Waals surface area (Å²) in [6.45, 7) is 11.7. The summed E-state index contributed by atoms with van der Waals surface area (Å²) < 4.78 is 0. The fourth-order valence-electron chi connectivity index (χ4n) is 2.20. The quantitative estimate of drug-likeness (QED) is 0.498. The van der Waals surface area contributed by atoms with Crippen LogP contribution in [0.1, 0.15) is 73.1 Å². The Morgan fingerprint density at radius 2 is 1.50 bits per heavy atom. The van der Waals surface area contributed by atoms with Crippen LogP contribution in [-0.4, -0.2) is 0 Å². The van der Waals surface area contributed by atoms with Crippen LogP contribution in [0.2, 0.25) is 0 Å². The largest absolute Gasteiger partial charge is 0.0654 e. The minimum atomic E-state index is 0.878. The molecule has 14 heavy (non-hydrogen) atoms. The third-order valence-corrected chi connectivity index (χ3v) is 3.25. The highest BCUT2D eigenvalue weighted by Gasteiger charge is 2.11. The second-order valence-electron chi connectivity index (χ2n) is 5.38. The van der Waals surface area contributed by atoms with Gasteiger partial charge in [0.2, 0.25) is 0 Å². The minimum absolute atomic E-state index is 0.878. The summed E-state index contributed by atoms with van der Waals surface area (Å²) >= 11 is 0. The third kappa shape index (κ3) is 7.41. The Kier molecular flexibility index (Phi) is 8.32. The number of rotatable bonds is 8. The molecule has 2 atom stereocenters. The van der Waals surface area contributed by atoms with Crippen molar-refractivity contribution in [2.45, 2.75) is 73.1 Å². The van der Waals surface area contributed by atoms with Gasteiger partial charge in [-0.25, -0.2) is 0 Å². The van der Waals surface area contributed by atoms with Crippen LogP contribution in [0.3, 0.4) is 0 Å². The Balaban J connectivity index is 3.61. The monoisotopic (exact) mass is 198 g/mol. The van der Waals surface area contributed by atoms with E-state index in [0.717, 1.165) is 17.8 Å². The van der Waals surface area contributed by atoms with Crippen LogP contribution in [0, 0.1) is 17.8 Å². The van der Waals surface area contributed by atoms with Gasteiger partial charge in [-0.2, -0.15) is 0 Å². The smallest absolute Gasteiger partial charge is 0.0414 e. The summed E-state index contributed by atoms with van der Waals surface area (Å²) in [6, 6.07) is 0. The first-order valence-electron chi connectivity index (χ1n) is 6.60. The van der Waals surface area contributed by atoms with E-state index >= 15 is 0 Å². The summed E-state index contributed by atoms with van der Waals surface area (Å²) in [7, 11) is 0. The first-order chi connectivity index (χ1) is 6.60. The lowest BCUT2D eigenvalue weighted by atomic mass is 9.87. The van der Waals surface area contributed by atoms with Gasteiger partial charge in [-0.3, -0.25) is 0 Å². The second-order valence-corrected chi connectivity index (χ2v) is 5.38. The van der Waals surface area contributed by atoms with Crippen molar-refractivity contribution in [3.8, 4) is 0 Å². The molecule has 0 heteroatoms. The van der Waals surface area contributed by atoms with E-state index in [-0.39, 0.29) is 0 Å². The molecule has 0 saturated carbocycles. The van der Waals surface area contributed by atoms with E-state index in [4.69, 9.17) is 0 Å². The fraction of sp³-hybridized carbons (Fsp3) is 1.00. The van der Waals surface area contributed by atoms with Crippen molar-refractivity contribution in [1.82, 2.24) is 0 Å². The van der Waals surface area contributed by atoms with Crippen LogP contribution >= 0.6 is 0 Å². The standard InChI is InChI=1S/C14H30/c1-6-8-14(7-2)11-13(5)10-9-12(3)4/h12-14H,6-11H2,1-5H3. The molecule has 0 aromatic rings. The molecule has 0 aromatic heterocycles. The maximum Gasteiger partial charge on any atom is -0.0414 e. The Bertz CT molecular complexity index is 115. The summed E-state index contributed by atoms with van der Waals surface area (Å²) in [4.78, 5) is 0. The van der Waals surface area contributed by atoms with Crippen molar-refractivity contribution < 1.29 is 0 Å². The van der Waals surface area contributed by atoms with Gasteiger partial charge < -0.3 is 0 Å². The highest BCUT2D eigenvalue weighted by atomic mass is 14.2. The van der Waals surface area contributed by atoms with E-state index in [1.165, 1.54) is 38.5 Å². The summed E-state index contributed by atoms with van der Waals surface area (Å²) in [5, 5.41) is 0. The van der Waals surface area contributed by atoms with Gasteiger partial charge in [0.05, 0.1) is 0 Å². The molecular weight excluding hydrogens is 168 g/mol.